The van der Waals surface area contributed by atoms with Crippen LogP contribution in [0.5, 0.6) is 0 Å². The first kappa shape index (κ1) is 10.8. The highest BCUT2D eigenvalue weighted by Gasteiger charge is 2.40. The molecule has 1 unspecified atom stereocenters. The highest BCUT2D eigenvalue weighted by molar-refractivity contribution is 6.32. The zero-order chi connectivity index (χ0) is 10.9. The van der Waals surface area contributed by atoms with E-state index in [9.17, 15) is 9.59 Å². The van der Waals surface area contributed by atoms with Crippen molar-refractivity contribution >= 4 is 23.5 Å². The van der Waals surface area contributed by atoms with Crippen LogP contribution < -0.4 is 0 Å². The lowest BCUT2D eigenvalue weighted by Gasteiger charge is -2.26. The van der Waals surface area contributed by atoms with E-state index in [2.05, 4.69) is 0 Å². The number of allylic oxidation sites excluding steroid dienone is 2. The second-order valence-corrected chi connectivity index (χ2v) is 3.73. The minimum atomic E-state index is -1.32. The number of carboxylic acid groups (broad SMARTS) is 2. The Kier molecular flexibility index (Phi) is 2.66. The lowest BCUT2D eigenvalue weighted by Crippen LogP contribution is -2.31. The van der Waals surface area contributed by atoms with E-state index in [0.29, 0.717) is 0 Å². The Bertz CT molecular complexity index is 356. The van der Waals surface area contributed by atoms with Crippen molar-refractivity contribution in [3.05, 3.63) is 22.8 Å². The minimum Gasteiger partial charge on any atom is -0.481 e. The summed E-state index contributed by atoms with van der Waals surface area (Å²) in [5, 5.41) is 17.8. The van der Waals surface area contributed by atoms with Crippen LogP contribution in [-0.4, -0.2) is 22.2 Å². The first-order valence-electron chi connectivity index (χ1n) is 3.91. The molecule has 0 saturated carbocycles. The standard InChI is InChI=1S/C9H9ClO4/c1-9(8(13)14)4-5(7(11)12)2-3-6(9)10/h2-3H,4H2,1H3,(H,11,12)(H,13,14). The molecule has 0 amide bonds. The van der Waals surface area contributed by atoms with Gasteiger partial charge in [-0.2, -0.15) is 0 Å². The quantitative estimate of drug-likeness (QED) is 0.736. The van der Waals surface area contributed by atoms with Crippen molar-refractivity contribution in [2.24, 2.45) is 5.41 Å². The van der Waals surface area contributed by atoms with Crippen LogP contribution in [0.4, 0.5) is 0 Å². The largest absolute Gasteiger partial charge is 0.481 e. The SMILES string of the molecule is CC1(C(=O)O)CC(C(=O)O)=CC=C1Cl. The first-order valence-corrected chi connectivity index (χ1v) is 4.29. The second kappa shape index (κ2) is 3.46. The Morgan fingerprint density at radius 3 is 2.43 bits per heavy atom. The molecule has 14 heavy (non-hydrogen) atoms. The molecule has 76 valence electrons. The molecule has 0 fully saturated rings. The maximum Gasteiger partial charge on any atom is 0.331 e. The van der Waals surface area contributed by atoms with Crippen molar-refractivity contribution < 1.29 is 19.8 Å². The molecule has 0 radical (unpaired) electrons. The number of rotatable bonds is 2. The van der Waals surface area contributed by atoms with Crippen LogP contribution in [-0.2, 0) is 9.59 Å². The van der Waals surface area contributed by atoms with Crippen molar-refractivity contribution in [2.45, 2.75) is 13.3 Å². The predicted octanol–water partition coefficient (Wildman–Crippen LogP) is 1.61. The van der Waals surface area contributed by atoms with Gasteiger partial charge in [-0.3, -0.25) is 4.79 Å². The third-order valence-corrected chi connectivity index (χ3v) is 2.79. The molecule has 0 aromatic rings. The van der Waals surface area contributed by atoms with Crippen molar-refractivity contribution in [3.8, 4) is 0 Å². The Hall–Kier alpha value is -1.29. The van der Waals surface area contributed by atoms with Gasteiger partial charge in [0.15, 0.2) is 0 Å². The fraction of sp³-hybridized carbons (Fsp3) is 0.333. The van der Waals surface area contributed by atoms with Gasteiger partial charge in [-0.15, -0.1) is 0 Å². The smallest absolute Gasteiger partial charge is 0.331 e. The molecule has 5 heteroatoms. The van der Waals surface area contributed by atoms with Gasteiger partial charge in [0.1, 0.15) is 5.41 Å². The van der Waals surface area contributed by atoms with Crippen molar-refractivity contribution in [2.75, 3.05) is 0 Å². The van der Waals surface area contributed by atoms with E-state index in [1.54, 1.807) is 0 Å². The molecule has 0 aliphatic heterocycles. The van der Waals surface area contributed by atoms with E-state index < -0.39 is 17.4 Å². The summed E-state index contributed by atoms with van der Waals surface area (Å²) < 4.78 is 0. The molecule has 1 atom stereocenters. The Morgan fingerprint density at radius 2 is 2.00 bits per heavy atom. The molecule has 0 bridgehead atoms. The van der Waals surface area contributed by atoms with Crippen molar-refractivity contribution in [3.63, 3.8) is 0 Å². The second-order valence-electron chi connectivity index (χ2n) is 3.33. The van der Waals surface area contributed by atoms with Gasteiger partial charge >= 0.3 is 11.9 Å². The maximum atomic E-state index is 10.9. The van der Waals surface area contributed by atoms with Gasteiger partial charge in [0.25, 0.3) is 0 Å². The number of halogens is 1. The zero-order valence-electron chi connectivity index (χ0n) is 7.45. The summed E-state index contributed by atoms with van der Waals surface area (Å²) in [5.74, 6) is -2.23. The van der Waals surface area contributed by atoms with Crippen LogP contribution >= 0.6 is 11.6 Å². The normalized spacial score (nSPS) is 26.4. The summed E-state index contributed by atoms with van der Waals surface area (Å²) >= 11 is 5.73. The average Bonchev–Trinajstić information content (AvgIpc) is 2.09. The first-order chi connectivity index (χ1) is 6.38. The lowest BCUT2D eigenvalue weighted by atomic mass is 9.80. The highest BCUT2D eigenvalue weighted by atomic mass is 35.5. The summed E-state index contributed by atoms with van der Waals surface area (Å²) in [6, 6.07) is 0. The van der Waals surface area contributed by atoms with Gasteiger partial charge in [0, 0.05) is 17.0 Å². The van der Waals surface area contributed by atoms with Crippen LogP contribution in [0.25, 0.3) is 0 Å². The third kappa shape index (κ3) is 1.65. The molecule has 0 saturated heterocycles. The summed E-state index contributed by atoms with van der Waals surface area (Å²) in [4.78, 5) is 21.5. The Labute approximate surface area is 85.5 Å². The molecule has 0 aromatic heterocycles. The molecule has 1 aliphatic rings. The van der Waals surface area contributed by atoms with E-state index in [-0.39, 0.29) is 17.0 Å². The van der Waals surface area contributed by atoms with Gasteiger partial charge in [-0.05, 0) is 13.0 Å². The number of carboxylic acids is 2. The molecular formula is C9H9ClO4. The number of hydrogen-bond donors (Lipinski definition) is 2. The number of hydrogen-bond acceptors (Lipinski definition) is 2. The molecule has 0 spiro atoms. The van der Waals surface area contributed by atoms with E-state index in [0.717, 1.165) is 0 Å². The molecule has 1 rings (SSSR count). The summed E-state index contributed by atoms with van der Waals surface area (Å²) in [7, 11) is 0. The Balaban J connectivity index is 3.09. The van der Waals surface area contributed by atoms with Crippen LogP contribution in [0.1, 0.15) is 13.3 Å². The monoisotopic (exact) mass is 216 g/mol. The topological polar surface area (TPSA) is 74.6 Å². The van der Waals surface area contributed by atoms with Gasteiger partial charge in [0.2, 0.25) is 0 Å². The van der Waals surface area contributed by atoms with Gasteiger partial charge < -0.3 is 10.2 Å². The third-order valence-electron chi connectivity index (χ3n) is 2.25. The van der Waals surface area contributed by atoms with Gasteiger partial charge in [-0.1, -0.05) is 17.7 Å². The van der Waals surface area contributed by atoms with E-state index in [1.165, 1.54) is 19.1 Å². The summed E-state index contributed by atoms with van der Waals surface area (Å²) in [5.41, 5.74) is -1.26. The minimum absolute atomic E-state index is 0.0549. The molecule has 0 heterocycles. The average molecular weight is 217 g/mol. The van der Waals surface area contributed by atoms with Crippen LogP contribution in [0.2, 0.25) is 0 Å². The molecule has 1 aliphatic carbocycles. The van der Waals surface area contributed by atoms with Crippen molar-refractivity contribution in [1.82, 2.24) is 0 Å². The molecular weight excluding hydrogens is 208 g/mol. The summed E-state index contributed by atoms with van der Waals surface area (Å²) in [6.07, 6.45) is 2.56. The van der Waals surface area contributed by atoms with Crippen LogP contribution in [0.3, 0.4) is 0 Å². The zero-order valence-corrected chi connectivity index (χ0v) is 8.21. The predicted molar refractivity (Wildman–Crippen MR) is 50.0 cm³/mol. The maximum absolute atomic E-state index is 10.9. The van der Waals surface area contributed by atoms with Crippen molar-refractivity contribution in [1.29, 1.82) is 0 Å². The van der Waals surface area contributed by atoms with Crippen LogP contribution in [0, 0.1) is 5.41 Å². The summed E-state index contributed by atoms with van der Waals surface area (Å²) in [6.45, 7) is 1.41. The Morgan fingerprint density at radius 1 is 1.43 bits per heavy atom. The van der Waals surface area contributed by atoms with Gasteiger partial charge in [-0.25, -0.2) is 4.79 Å². The molecule has 4 nitrogen and oxygen atoms in total. The molecule has 2 N–H and O–H groups in total. The number of aliphatic carboxylic acids is 2. The molecule has 0 aromatic carbocycles. The fourth-order valence-corrected chi connectivity index (χ4v) is 1.42. The van der Waals surface area contributed by atoms with E-state index in [1.807, 2.05) is 0 Å². The van der Waals surface area contributed by atoms with E-state index in [4.69, 9.17) is 21.8 Å². The number of carbonyl (C=O) groups is 2. The van der Waals surface area contributed by atoms with Gasteiger partial charge in [0.05, 0.1) is 0 Å². The highest BCUT2D eigenvalue weighted by Crippen LogP contribution is 2.39. The lowest BCUT2D eigenvalue weighted by molar-refractivity contribution is -0.145. The van der Waals surface area contributed by atoms with Crippen LogP contribution in [0.15, 0.2) is 22.8 Å². The fourth-order valence-electron chi connectivity index (χ4n) is 1.21. The van der Waals surface area contributed by atoms with E-state index >= 15 is 0 Å².